The summed E-state index contributed by atoms with van der Waals surface area (Å²) in [7, 11) is 0. The van der Waals surface area contributed by atoms with Crippen LogP contribution in [0.15, 0.2) is 23.1 Å². The first-order valence-corrected chi connectivity index (χ1v) is 4.65. The van der Waals surface area contributed by atoms with Crippen LogP contribution in [0, 0.1) is 19.3 Å². The molecule has 0 fully saturated rings. The number of terminal acetylenes is 1. The van der Waals surface area contributed by atoms with Crippen LogP contribution < -0.4 is 5.73 Å². The van der Waals surface area contributed by atoms with E-state index in [-0.39, 0.29) is 0 Å². The molecule has 1 aromatic rings. The van der Waals surface area contributed by atoms with Crippen molar-refractivity contribution in [3.8, 4) is 12.3 Å². The average molecular weight is 177 g/mol. The van der Waals surface area contributed by atoms with E-state index in [0.29, 0.717) is 5.75 Å². The van der Waals surface area contributed by atoms with E-state index >= 15 is 0 Å². The molecule has 1 aromatic carbocycles. The van der Waals surface area contributed by atoms with Crippen LogP contribution in [0.1, 0.15) is 5.56 Å². The van der Waals surface area contributed by atoms with Crippen LogP contribution in [0.2, 0.25) is 0 Å². The number of para-hydroxylation sites is 1. The van der Waals surface area contributed by atoms with E-state index in [9.17, 15) is 0 Å². The Morgan fingerprint density at radius 3 is 3.00 bits per heavy atom. The molecule has 0 saturated heterocycles. The lowest BCUT2D eigenvalue weighted by Gasteiger charge is -2.04. The number of thioether (sulfide) groups is 1. The molecule has 0 aromatic heterocycles. The van der Waals surface area contributed by atoms with Crippen LogP contribution in [0.5, 0.6) is 0 Å². The molecule has 0 aliphatic heterocycles. The fourth-order valence-electron chi connectivity index (χ4n) is 0.899. The molecule has 12 heavy (non-hydrogen) atoms. The Bertz CT molecular complexity index is 312. The number of nitrogen functional groups attached to an aromatic ring is 1. The lowest BCUT2D eigenvalue weighted by atomic mass is 10.2. The molecule has 0 spiro atoms. The summed E-state index contributed by atoms with van der Waals surface area (Å²) in [5.74, 6) is 3.24. The number of aryl methyl sites for hydroxylation is 1. The fraction of sp³-hybridized carbons (Fsp3) is 0.200. The quantitative estimate of drug-likeness (QED) is 0.426. The van der Waals surface area contributed by atoms with Crippen molar-refractivity contribution in [3.63, 3.8) is 0 Å². The molecular formula is C10H11NS. The molecule has 1 rings (SSSR count). The number of hydrogen-bond acceptors (Lipinski definition) is 2. The molecule has 0 heterocycles. The molecule has 0 aliphatic carbocycles. The number of nitrogens with two attached hydrogens (primary N) is 1. The predicted molar refractivity (Wildman–Crippen MR) is 55.1 cm³/mol. The molecule has 0 saturated carbocycles. The van der Waals surface area contributed by atoms with Crippen molar-refractivity contribution in [2.45, 2.75) is 11.8 Å². The summed E-state index contributed by atoms with van der Waals surface area (Å²) in [5.41, 5.74) is 7.79. The van der Waals surface area contributed by atoms with Crippen LogP contribution in [0.3, 0.4) is 0 Å². The Balaban J connectivity index is 2.86. The standard InChI is InChI=1S/C10H11NS/c1-3-7-12-9-6-4-5-8(2)10(9)11/h1,4-6H,7,11H2,2H3. The van der Waals surface area contributed by atoms with Gasteiger partial charge in [0.25, 0.3) is 0 Å². The first-order valence-electron chi connectivity index (χ1n) is 3.67. The third kappa shape index (κ3) is 1.96. The molecule has 0 atom stereocenters. The first-order chi connectivity index (χ1) is 5.75. The molecule has 0 amide bonds. The van der Waals surface area contributed by atoms with Gasteiger partial charge in [-0.3, -0.25) is 0 Å². The van der Waals surface area contributed by atoms with E-state index in [1.54, 1.807) is 11.8 Å². The minimum Gasteiger partial charge on any atom is -0.398 e. The van der Waals surface area contributed by atoms with Crippen LogP contribution in [-0.2, 0) is 0 Å². The third-order valence-corrected chi connectivity index (χ3v) is 2.57. The first kappa shape index (κ1) is 9.02. The summed E-state index contributed by atoms with van der Waals surface area (Å²) in [5, 5.41) is 0. The van der Waals surface area contributed by atoms with E-state index in [2.05, 4.69) is 5.92 Å². The molecule has 62 valence electrons. The summed E-state index contributed by atoms with van der Waals surface area (Å²) in [6.07, 6.45) is 5.15. The van der Waals surface area contributed by atoms with Gasteiger partial charge in [-0.05, 0) is 18.6 Å². The maximum absolute atomic E-state index is 5.83. The molecular weight excluding hydrogens is 166 g/mol. The van der Waals surface area contributed by atoms with Crippen molar-refractivity contribution in [3.05, 3.63) is 23.8 Å². The minimum atomic E-state index is 0.674. The lowest BCUT2D eigenvalue weighted by Crippen LogP contribution is -1.91. The van der Waals surface area contributed by atoms with Crippen molar-refractivity contribution >= 4 is 17.4 Å². The van der Waals surface area contributed by atoms with Crippen molar-refractivity contribution in [1.82, 2.24) is 0 Å². The predicted octanol–water partition coefficient (Wildman–Crippen LogP) is 2.30. The highest BCUT2D eigenvalue weighted by Gasteiger charge is 1.99. The largest absolute Gasteiger partial charge is 0.398 e. The summed E-state index contributed by atoms with van der Waals surface area (Å²) in [6.45, 7) is 2.00. The van der Waals surface area contributed by atoms with Crippen molar-refractivity contribution in [2.75, 3.05) is 11.5 Å². The van der Waals surface area contributed by atoms with Gasteiger partial charge in [-0.2, -0.15) is 0 Å². The Morgan fingerprint density at radius 1 is 1.58 bits per heavy atom. The second kappa shape index (κ2) is 4.08. The zero-order chi connectivity index (χ0) is 8.97. The van der Waals surface area contributed by atoms with Gasteiger partial charge in [-0.25, -0.2) is 0 Å². The van der Waals surface area contributed by atoms with Gasteiger partial charge in [0.05, 0.1) is 5.75 Å². The lowest BCUT2D eigenvalue weighted by molar-refractivity contribution is 1.37. The summed E-state index contributed by atoms with van der Waals surface area (Å²) < 4.78 is 0. The molecule has 1 nitrogen and oxygen atoms in total. The van der Waals surface area contributed by atoms with Gasteiger partial charge in [0.1, 0.15) is 0 Å². The number of rotatable bonds is 2. The normalized spacial score (nSPS) is 9.33. The number of hydrogen-bond donors (Lipinski definition) is 1. The van der Waals surface area contributed by atoms with Gasteiger partial charge in [-0.1, -0.05) is 18.1 Å². The van der Waals surface area contributed by atoms with Gasteiger partial charge in [-0.15, -0.1) is 18.2 Å². The molecule has 0 radical (unpaired) electrons. The second-order valence-corrected chi connectivity index (χ2v) is 3.50. The molecule has 2 heteroatoms. The zero-order valence-electron chi connectivity index (χ0n) is 7.00. The minimum absolute atomic E-state index is 0.674. The highest BCUT2D eigenvalue weighted by molar-refractivity contribution is 7.99. The molecule has 0 aliphatic rings. The van der Waals surface area contributed by atoms with Gasteiger partial charge in [0, 0.05) is 10.6 Å². The van der Waals surface area contributed by atoms with Gasteiger partial charge in [0.15, 0.2) is 0 Å². The van der Waals surface area contributed by atoms with Gasteiger partial charge < -0.3 is 5.73 Å². The number of anilines is 1. The second-order valence-electron chi connectivity index (χ2n) is 2.48. The SMILES string of the molecule is C#CCSc1cccc(C)c1N. The zero-order valence-corrected chi connectivity index (χ0v) is 7.82. The van der Waals surface area contributed by atoms with Crippen LogP contribution in [0.4, 0.5) is 5.69 Å². The van der Waals surface area contributed by atoms with Crippen LogP contribution >= 0.6 is 11.8 Å². The summed E-state index contributed by atoms with van der Waals surface area (Å²) in [4.78, 5) is 1.08. The van der Waals surface area contributed by atoms with Gasteiger partial charge in [0.2, 0.25) is 0 Å². The van der Waals surface area contributed by atoms with Crippen LogP contribution in [0.25, 0.3) is 0 Å². The Hall–Kier alpha value is -1.07. The van der Waals surface area contributed by atoms with E-state index in [1.807, 2.05) is 25.1 Å². The maximum Gasteiger partial charge on any atom is 0.0592 e. The van der Waals surface area contributed by atoms with Crippen molar-refractivity contribution < 1.29 is 0 Å². The Labute approximate surface area is 77.4 Å². The smallest absolute Gasteiger partial charge is 0.0592 e. The maximum atomic E-state index is 5.83. The van der Waals surface area contributed by atoms with E-state index in [1.165, 1.54) is 0 Å². The van der Waals surface area contributed by atoms with Crippen molar-refractivity contribution in [2.24, 2.45) is 0 Å². The average Bonchev–Trinajstić information content (AvgIpc) is 2.08. The molecule has 2 N–H and O–H groups in total. The van der Waals surface area contributed by atoms with Crippen molar-refractivity contribution in [1.29, 1.82) is 0 Å². The highest BCUT2D eigenvalue weighted by atomic mass is 32.2. The van der Waals surface area contributed by atoms with E-state index in [4.69, 9.17) is 12.2 Å². The van der Waals surface area contributed by atoms with E-state index in [0.717, 1.165) is 16.1 Å². The summed E-state index contributed by atoms with van der Waals surface area (Å²) in [6, 6.07) is 5.98. The van der Waals surface area contributed by atoms with Gasteiger partial charge >= 0.3 is 0 Å². The molecule has 0 unspecified atom stereocenters. The Morgan fingerprint density at radius 2 is 2.33 bits per heavy atom. The summed E-state index contributed by atoms with van der Waals surface area (Å²) >= 11 is 1.60. The third-order valence-electron chi connectivity index (χ3n) is 1.60. The topological polar surface area (TPSA) is 26.0 Å². The fourth-order valence-corrected chi connectivity index (χ4v) is 1.63. The number of benzene rings is 1. The highest BCUT2D eigenvalue weighted by Crippen LogP contribution is 2.26. The van der Waals surface area contributed by atoms with Crippen LogP contribution in [-0.4, -0.2) is 5.75 Å². The molecule has 0 bridgehead atoms. The monoisotopic (exact) mass is 177 g/mol. The Kier molecular flexibility index (Phi) is 3.07. The van der Waals surface area contributed by atoms with E-state index < -0.39 is 0 Å².